The third-order valence-corrected chi connectivity index (χ3v) is 3.79. The largest absolute Gasteiger partial charge is 0.371 e. The van der Waals surface area contributed by atoms with Crippen LogP contribution in [0.5, 0.6) is 0 Å². The molecule has 0 aliphatic rings. The molecule has 0 saturated heterocycles. The molecule has 0 radical (unpaired) electrons. The van der Waals surface area contributed by atoms with Crippen LogP contribution in [-0.4, -0.2) is 32.1 Å². The van der Waals surface area contributed by atoms with Gasteiger partial charge in [0.1, 0.15) is 5.82 Å². The second-order valence-corrected chi connectivity index (χ2v) is 5.75. The minimum Gasteiger partial charge on any atom is -0.371 e. The number of para-hydroxylation sites is 1. The van der Waals surface area contributed by atoms with Crippen LogP contribution in [0.2, 0.25) is 0 Å². The van der Waals surface area contributed by atoms with Crippen molar-refractivity contribution >= 4 is 17.4 Å². The summed E-state index contributed by atoms with van der Waals surface area (Å²) in [7, 11) is 1.96. The maximum atomic E-state index is 14.1. The fourth-order valence-electron chi connectivity index (χ4n) is 2.09. The summed E-state index contributed by atoms with van der Waals surface area (Å²) in [5, 5.41) is 3.43. The van der Waals surface area contributed by atoms with E-state index in [0.717, 1.165) is 36.5 Å². The Balaban J connectivity index is 2.93. The summed E-state index contributed by atoms with van der Waals surface area (Å²) >= 11 is 1.78. The lowest BCUT2D eigenvalue weighted by molar-refractivity contribution is 0.561. The van der Waals surface area contributed by atoms with Crippen molar-refractivity contribution in [2.75, 3.05) is 37.0 Å². The number of thioether (sulfide) groups is 1. The molecule has 108 valence electrons. The molecule has 0 saturated carbocycles. The Labute approximate surface area is 120 Å². The van der Waals surface area contributed by atoms with Crippen molar-refractivity contribution in [3.8, 4) is 0 Å². The molecule has 0 aliphatic heterocycles. The lowest BCUT2D eigenvalue weighted by Crippen LogP contribution is -2.26. The molecule has 0 aliphatic carbocycles. The number of nitrogens with zero attached hydrogens (tertiary/aromatic N) is 1. The SMILES string of the molecule is CCCNC(C)c1cccc(F)c1N(C)CCSC. The van der Waals surface area contributed by atoms with Gasteiger partial charge < -0.3 is 10.2 Å². The van der Waals surface area contributed by atoms with Gasteiger partial charge in [-0.15, -0.1) is 0 Å². The minimum atomic E-state index is -0.133. The van der Waals surface area contributed by atoms with Crippen molar-refractivity contribution in [1.29, 1.82) is 0 Å². The molecule has 1 aromatic rings. The van der Waals surface area contributed by atoms with E-state index in [9.17, 15) is 4.39 Å². The highest BCUT2D eigenvalue weighted by Crippen LogP contribution is 2.28. The van der Waals surface area contributed by atoms with Gasteiger partial charge in [-0.1, -0.05) is 19.1 Å². The summed E-state index contributed by atoms with van der Waals surface area (Å²) in [6.07, 6.45) is 3.15. The van der Waals surface area contributed by atoms with Crippen molar-refractivity contribution in [3.63, 3.8) is 0 Å². The molecule has 1 rings (SSSR count). The van der Waals surface area contributed by atoms with Crippen LogP contribution in [0.3, 0.4) is 0 Å². The van der Waals surface area contributed by atoms with Crippen molar-refractivity contribution in [2.24, 2.45) is 0 Å². The lowest BCUT2D eigenvalue weighted by atomic mass is 10.0. The first-order valence-electron chi connectivity index (χ1n) is 6.83. The molecule has 4 heteroatoms. The molecular weight excluding hydrogens is 259 g/mol. The predicted octanol–water partition coefficient (Wildman–Crippen LogP) is 3.69. The zero-order valence-corrected chi connectivity index (χ0v) is 13.2. The number of hydrogen-bond donors (Lipinski definition) is 1. The quantitative estimate of drug-likeness (QED) is 0.784. The Morgan fingerprint density at radius 1 is 1.42 bits per heavy atom. The average molecular weight is 284 g/mol. The van der Waals surface area contributed by atoms with E-state index in [1.165, 1.54) is 0 Å². The van der Waals surface area contributed by atoms with Crippen LogP contribution in [0.4, 0.5) is 10.1 Å². The summed E-state index contributed by atoms with van der Waals surface area (Å²) in [6, 6.07) is 5.52. The van der Waals surface area contributed by atoms with Crippen molar-refractivity contribution in [1.82, 2.24) is 5.32 Å². The van der Waals surface area contributed by atoms with Crippen molar-refractivity contribution in [2.45, 2.75) is 26.3 Å². The fraction of sp³-hybridized carbons (Fsp3) is 0.600. The van der Waals surface area contributed by atoms with Gasteiger partial charge in [0, 0.05) is 25.4 Å². The van der Waals surface area contributed by atoms with Crippen molar-refractivity contribution in [3.05, 3.63) is 29.6 Å². The third-order valence-electron chi connectivity index (χ3n) is 3.20. The van der Waals surface area contributed by atoms with Crippen LogP contribution in [0.15, 0.2) is 18.2 Å². The average Bonchev–Trinajstić information content (AvgIpc) is 2.41. The van der Waals surface area contributed by atoms with E-state index in [4.69, 9.17) is 0 Å². The molecule has 0 spiro atoms. The molecule has 1 N–H and O–H groups in total. The monoisotopic (exact) mass is 284 g/mol. The van der Waals surface area contributed by atoms with Crippen LogP contribution in [0.25, 0.3) is 0 Å². The molecule has 2 nitrogen and oxygen atoms in total. The van der Waals surface area contributed by atoms with E-state index >= 15 is 0 Å². The van der Waals surface area contributed by atoms with Crippen molar-refractivity contribution < 1.29 is 4.39 Å². The molecule has 0 aromatic heterocycles. The maximum absolute atomic E-state index is 14.1. The summed E-state index contributed by atoms with van der Waals surface area (Å²) in [5.74, 6) is 0.868. The minimum absolute atomic E-state index is 0.133. The van der Waals surface area contributed by atoms with E-state index < -0.39 is 0 Å². The molecule has 0 fully saturated rings. The Kier molecular flexibility index (Phi) is 7.24. The molecule has 1 unspecified atom stereocenters. The van der Waals surface area contributed by atoms with E-state index in [1.807, 2.05) is 18.0 Å². The first-order chi connectivity index (χ1) is 9.11. The van der Waals surface area contributed by atoms with E-state index in [-0.39, 0.29) is 11.9 Å². The zero-order valence-electron chi connectivity index (χ0n) is 12.4. The standard InChI is InChI=1S/C15H25FN2S/c1-5-9-17-12(2)13-7-6-8-14(16)15(13)18(3)10-11-19-4/h6-8,12,17H,5,9-11H2,1-4H3. The number of hydrogen-bond acceptors (Lipinski definition) is 3. The van der Waals surface area contributed by atoms with Gasteiger partial charge >= 0.3 is 0 Å². The number of halogens is 1. The van der Waals surface area contributed by atoms with Crippen LogP contribution < -0.4 is 10.2 Å². The van der Waals surface area contributed by atoms with E-state index in [2.05, 4.69) is 25.4 Å². The molecule has 1 atom stereocenters. The van der Waals surface area contributed by atoms with Gasteiger partial charge in [0.05, 0.1) is 5.69 Å². The van der Waals surface area contributed by atoms with Crippen LogP contribution in [0, 0.1) is 5.82 Å². The van der Waals surface area contributed by atoms with Crippen LogP contribution >= 0.6 is 11.8 Å². The van der Waals surface area contributed by atoms with Gasteiger partial charge in [-0.2, -0.15) is 11.8 Å². The van der Waals surface area contributed by atoms with Gasteiger partial charge in [0.2, 0.25) is 0 Å². The topological polar surface area (TPSA) is 15.3 Å². The predicted molar refractivity (Wildman–Crippen MR) is 84.8 cm³/mol. The smallest absolute Gasteiger partial charge is 0.146 e. The molecule has 0 amide bonds. The number of anilines is 1. The summed E-state index contributed by atoms with van der Waals surface area (Å²) in [6.45, 7) is 6.04. The summed E-state index contributed by atoms with van der Waals surface area (Å²) in [4.78, 5) is 2.02. The number of rotatable bonds is 8. The third kappa shape index (κ3) is 4.69. The molecule has 19 heavy (non-hydrogen) atoms. The van der Waals surface area contributed by atoms with Crippen LogP contribution in [-0.2, 0) is 0 Å². The second kappa shape index (κ2) is 8.43. The van der Waals surface area contributed by atoms with Crippen LogP contribution in [0.1, 0.15) is 31.9 Å². The van der Waals surface area contributed by atoms with E-state index in [0.29, 0.717) is 0 Å². The Hall–Kier alpha value is -0.740. The first-order valence-corrected chi connectivity index (χ1v) is 8.23. The first kappa shape index (κ1) is 16.3. The van der Waals surface area contributed by atoms with Gasteiger partial charge in [-0.3, -0.25) is 0 Å². The Morgan fingerprint density at radius 2 is 2.16 bits per heavy atom. The number of benzene rings is 1. The molecule has 0 heterocycles. The Morgan fingerprint density at radius 3 is 2.79 bits per heavy atom. The molecule has 0 bridgehead atoms. The zero-order chi connectivity index (χ0) is 14.3. The number of nitrogens with one attached hydrogen (secondary N) is 1. The summed E-state index contributed by atoms with van der Waals surface area (Å²) < 4.78 is 14.1. The lowest BCUT2D eigenvalue weighted by Gasteiger charge is -2.26. The van der Waals surface area contributed by atoms with E-state index in [1.54, 1.807) is 23.9 Å². The second-order valence-electron chi connectivity index (χ2n) is 4.77. The van der Waals surface area contributed by atoms with Gasteiger partial charge in [0.15, 0.2) is 0 Å². The normalized spacial score (nSPS) is 12.5. The van der Waals surface area contributed by atoms with Gasteiger partial charge in [-0.25, -0.2) is 4.39 Å². The molecule has 1 aromatic carbocycles. The highest BCUT2D eigenvalue weighted by Gasteiger charge is 2.16. The van der Waals surface area contributed by atoms with Gasteiger partial charge in [-0.05, 0) is 37.8 Å². The maximum Gasteiger partial charge on any atom is 0.146 e. The Bertz CT molecular complexity index is 384. The van der Waals surface area contributed by atoms with Gasteiger partial charge in [0.25, 0.3) is 0 Å². The fourth-order valence-corrected chi connectivity index (χ4v) is 2.55. The molecular formula is C15H25FN2S. The summed E-state index contributed by atoms with van der Waals surface area (Å²) in [5.41, 5.74) is 1.77. The highest BCUT2D eigenvalue weighted by atomic mass is 32.2. The highest BCUT2D eigenvalue weighted by molar-refractivity contribution is 7.98.